The van der Waals surface area contributed by atoms with Crippen molar-refractivity contribution in [2.24, 2.45) is 0 Å². The number of amides is 1. The molecule has 0 fully saturated rings. The Labute approximate surface area is 223 Å². The monoisotopic (exact) mass is 521 g/mol. The number of rotatable bonds is 13. The summed E-state index contributed by atoms with van der Waals surface area (Å²) in [6, 6.07) is 13.4. The molecule has 0 aliphatic rings. The maximum Gasteiger partial charge on any atom is 0.341 e. The van der Waals surface area contributed by atoms with E-state index in [0.29, 0.717) is 28.7 Å². The van der Waals surface area contributed by atoms with Crippen LogP contribution in [0.1, 0.15) is 61.0 Å². The van der Waals surface area contributed by atoms with Gasteiger partial charge in [0.15, 0.2) is 11.5 Å². The maximum absolute atomic E-state index is 12.8. The number of hydrogen-bond donors (Lipinski definition) is 1. The number of ether oxygens (including phenoxy) is 3. The number of carbonyl (C=O) groups excluding carboxylic acids is 2. The van der Waals surface area contributed by atoms with E-state index in [9.17, 15) is 9.59 Å². The highest BCUT2D eigenvalue weighted by Gasteiger charge is 2.22. The number of anilines is 1. The molecule has 6 nitrogen and oxygen atoms in total. The number of esters is 1. The fourth-order valence-corrected chi connectivity index (χ4v) is 4.71. The van der Waals surface area contributed by atoms with Crippen LogP contribution in [0.4, 0.5) is 5.00 Å². The Morgan fingerprint density at radius 2 is 1.78 bits per heavy atom. The van der Waals surface area contributed by atoms with Crippen molar-refractivity contribution in [3.05, 3.63) is 70.6 Å². The highest BCUT2D eigenvalue weighted by atomic mass is 32.1. The van der Waals surface area contributed by atoms with E-state index < -0.39 is 5.97 Å². The van der Waals surface area contributed by atoms with Crippen LogP contribution in [0.3, 0.4) is 0 Å². The summed E-state index contributed by atoms with van der Waals surface area (Å²) < 4.78 is 16.6. The first kappa shape index (κ1) is 28.0. The van der Waals surface area contributed by atoms with Gasteiger partial charge in [0.25, 0.3) is 0 Å². The molecule has 0 atom stereocenters. The van der Waals surface area contributed by atoms with Crippen molar-refractivity contribution in [3.8, 4) is 22.6 Å². The predicted molar refractivity (Wildman–Crippen MR) is 151 cm³/mol. The van der Waals surface area contributed by atoms with E-state index in [1.165, 1.54) is 30.3 Å². The van der Waals surface area contributed by atoms with Crippen LogP contribution in [-0.4, -0.2) is 32.2 Å². The third-order valence-corrected chi connectivity index (χ3v) is 6.64. The van der Waals surface area contributed by atoms with Crippen LogP contribution in [0.25, 0.3) is 17.2 Å². The fraction of sp³-hybridized carbons (Fsp3) is 0.333. The number of hydrogen-bond acceptors (Lipinski definition) is 6. The topological polar surface area (TPSA) is 73.9 Å². The van der Waals surface area contributed by atoms with Gasteiger partial charge in [0.1, 0.15) is 10.6 Å². The van der Waals surface area contributed by atoms with Gasteiger partial charge in [0, 0.05) is 17.0 Å². The molecule has 0 saturated carbocycles. The van der Waals surface area contributed by atoms with Crippen LogP contribution in [0.15, 0.2) is 53.9 Å². The summed E-state index contributed by atoms with van der Waals surface area (Å²) >= 11 is 1.30. The summed E-state index contributed by atoms with van der Waals surface area (Å²) in [5.74, 6) is 0.484. The fourth-order valence-electron chi connectivity index (χ4n) is 3.74. The number of thiophene rings is 1. The molecule has 0 aliphatic heterocycles. The minimum Gasteiger partial charge on any atom is -0.493 e. The molecule has 7 heteroatoms. The van der Waals surface area contributed by atoms with Crippen molar-refractivity contribution in [2.75, 3.05) is 25.6 Å². The molecule has 1 aromatic heterocycles. The first-order valence-corrected chi connectivity index (χ1v) is 13.5. The van der Waals surface area contributed by atoms with Gasteiger partial charge >= 0.3 is 5.97 Å². The standard InChI is InChI=1S/C30H35NO5S/c1-5-7-8-9-18-36-25-16-12-22(19-26(25)34-4)13-17-27(32)31-29-28(30(33)35-6-2)24(20-37-29)23-14-10-21(3)11-15-23/h10-17,19-20H,5-9,18H2,1-4H3,(H,31,32)/b17-13+. The smallest absolute Gasteiger partial charge is 0.341 e. The third kappa shape index (κ3) is 7.95. The molecule has 1 N–H and O–H groups in total. The second kappa shape index (κ2) is 14.2. The quantitative estimate of drug-likeness (QED) is 0.143. The summed E-state index contributed by atoms with van der Waals surface area (Å²) in [6.45, 7) is 6.83. The SMILES string of the molecule is CCCCCCOc1ccc(/C=C/C(=O)Nc2scc(-c3ccc(C)cc3)c2C(=O)OCC)cc1OC. The summed E-state index contributed by atoms with van der Waals surface area (Å²) in [7, 11) is 1.60. The first-order valence-electron chi connectivity index (χ1n) is 12.6. The summed E-state index contributed by atoms with van der Waals surface area (Å²) in [5.41, 5.74) is 3.90. The van der Waals surface area contributed by atoms with Crippen molar-refractivity contribution >= 4 is 34.3 Å². The minimum atomic E-state index is -0.464. The minimum absolute atomic E-state index is 0.246. The van der Waals surface area contributed by atoms with Gasteiger partial charge in [0.2, 0.25) is 5.91 Å². The van der Waals surface area contributed by atoms with E-state index in [1.807, 2.05) is 54.8 Å². The number of carbonyl (C=O) groups is 2. The zero-order valence-electron chi connectivity index (χ0n) is 22.0. The maximum atomic E-state index is 12.8. The molecule has 1 heterocycles. The van der Waals surface area contributed by atoms with Crippen LogP contribution in [0.5, 0.6) is 11.5 Å². The summed E-state index contributed by atoms with van der Waals surface area (Å²) in [4.78, 5) is 25.5. The number of methoxy groups -OCH3 is 1. The largest absolute Gasteiger partial charge is 0.493 e. The molecule has 0 spiro atoms. The molecule has 3 aromatic rings. The Morgan fingerprint density at radius 3 is 2.49 bits per heavy atom. The average Bonchev–Trinajstić information content (AvgIpc) is 3.31. The molecule has 196 valence electrons. The van der Waals surface area contributed by atoms with Crippen LogP contribution in [0.2, 0.25) is 0 Å². The molecule has 0 bridgehead atoms. The Morgan fingerprint density at radius 1 is 1.00 bits per heavy atom. The van der Waals surface area contributed by atoms with E-state index in [1.54, 1.807) is 20.1 Å². The van der Waals surface area contributed by atoms with Gasteiger partial charge < -0.3 is 19.5 Å². The van der Waals surface area contributed by atoms with Crippen molar-refractivity contribution in [3.63, 3.8) is 0 Å². The van der Waals surface area contributed by atoms with Gasteiger partial charge in [0.05, 0.1) is 20.3 Å². The van der Waals surface area contributed by atoms with Gasteiger partial charge in [-0.1, -0.05) is 62.1 Å². The number of unbranched alkanes of at least 4 members (excludes halogenated alkanes) is 3. The molecular weight excluding hydrogens is 486 g/mol. The van der Waals surface area contributed by atoms with E-state index >= 15 is 0 Å². The van der Waals surface area contributed by atoms with Gasteiger partial charge in [-0.3, -0.25) is 4.79 Å². The molecule has 0 unspecified atom stereocenters. The summed E-state index contributed by atoms with van der Waals surface area (Å²) in [6.07, 6.45) is 7.65. The Bertz CT molecular complexity index is 1210. The Hall–Kier alpha value is -3.58. The van der Waals surface area contributed by atoms with Crippen molar-refractivity contribution < 1.29 is 23.8 Å². The molecular formula is C30H35NO5S. The number of nitrogens with one attached hydrogen (secondary N) is 1. The molecule has 37 heavy (non-hydrogen) atoms. The lowest BCUT2D eigenvalue weighted by molar-refractivity contribution is -0.111. The van der Waals surface area contributed by atoms with Gasteiger partial charge in [-0.25, -0.2) is 4.79 Å². The lowest BCUT2D eigenvalue weighted by atomic mass is 10.0. The second-order valence-corrected chi connectivity index (χ2v) is 9.46. The normalized spacial score (nSPS) is 10.9. The van der Waals surface area contributed by atoms with Crippen LogP contribution in [-0.2, 0) is 9.53 Å². The van der Waals surface area contributed by atoms with E-state index in [2.05, 4.69) is 12.2 Å². The van der Waals surface area contributed by atoms with Gasteiger partial charge in [-0.15, -0.1) is 11.3 Å². The van der Waals surface area contributed by atoms with E-state index in [0.717, 1.165) is 35.1 Å². The third-order valence-electron chi connectivity index (χ3n) is 5.74. The molecule has 3 rings (SSSR count). The highest BCUT2D eigenvalue weighted by molar-refractivity contribution is 7.15. The lowest BCUT2D eigenvalue weighted by Gasteiger charge is -2.11. The summed E-state index contributed by atoms with van der Waals surface area (Å²) in [5, 5.41) is 5.16. The first-order chi connectivity index (χ1) is 18.0. The average molecular weight is 522 g/mol. The van der Waals surface area contributed by atoms with Gasteiger partial charge in [-0.2, -0.15) is 0 Å². The highest BCUT2D eigenvalue weighted by Crippen LogP contribution is 2.36. The zero-order chi connectivity index (χ0) is 26.6. The molecule has 1 amide bonds. The van der Waals surface area contributed by atoms with E-state index in [4.69, 9.17) is 14.2 Å². The second-order valence-electron chi connectivity index (χ2n) is 8.58. The Kier molecular flexibility index (Phi) is 10.8. The van der Waals surface area contributed by atoms with E-state index in [-0.39, 0.29) is 12.5 Å². The number of benzene rings is 2. The lowest BCUT2D eigenvalue weighted by Crippen LogP contribution is -2.12. The van der Waals surface area contributed by atoms with Crippen molar-refractivity contribution in [1.29, 1.82) is 0 Å². The molecule has 2 aromatic carbocycles. The molecule has 0 radical (unpaired) electrons. The van der Waals surface area contributed by atoms with Crippen molar-refractivity contribution in [2.45, 2.75) is 46.5 Å². The van der Waals surface area contributed by atoms with Gasteiger partial charge in [-0.05, 0) is 49.6 Å². The Balaban J connectivity index is 1.72. The van der Waals surface area contributed by atoms with Crippen molar-refractivity contribution in [1.82, 2.24) is 0 Å². The zero-order valence-corrected chi connectivity index (χ0v) is 22.8. The van der Waals surface area contributed by atoms with Crippen LogP contribution in [0, 0.1) is 6.92 Å². The van der Waals surface area contributed by atoms with Crippen LogP contribution >= 0.6 is 11.3 Å². The van der Waals surface area contributed by atoms with Crippen LogP contribution < -0.4 is 14.8 Å². The number of aryl methyl sites for hydroxylation is 1. The predicted octanol–water partition coefficient (Wildman–Crippen LogP) is 7.52. The molecule has 0 saturated heterocycles. The molecule has 0 aliphatic carbocycles.